The highest BCUT2D eigenvalue weighted by molar-refractivity contribution is 5.95. The molecule has 1 aromatic rings. The van der Waals surface area contributed by atoms with Crippen LogP contribution in [0.4, 0.5) is 17.6 Å². The molecule has 1 aromatic heterocycles. The highest BCUT2D eigenvalue weighted by Crippen LogP contribution is 2.48. The van der Waals surface area contributed by atoms with Gasteiger partial charge in [-0.1, -0.05) is 0 Å². The maximum absolute atomic E-state index is 14.0. The molecule has 3 saturated heterocycles. The second-order valence-corrected chi connectivity index (χ2v) is 9.69. The van der Waals surface area contributed by atoms with Crippen LogP contribution in [0.5, 0.6) is 0 Å². The molecule has 1 aliphatic carbocycles. The molecule has 3 aliphatic heterocycles. The number of aromatic nitrogens is 1. The van der Waals surface area contributed by atoms with E-state index in [4.69, 9.17) is 15.6 Å². The van der Waals surface area contributed by atoms with Crippen molar-refractivity contribution in [1.82, 2.24) is 14.8 Å². The van der Waals surface area contributed by atoms with E-state index < -0.39 is 24.1 Å². The molecule has 4 aliphatic rings. The lowest BCUT2D eigenvalue weighted by Crippen LogP contribution is -2.55. The van der Waals surface area contributed by atoms with Gasteiger partial charge in [-0.2, -0.15) is 22.8 Å². The van der Waals surface area contributed by atoms with Crippen LogP contribution in [-0.2, 0) is 9.59 Å². The molecule has 13 heteroatoms. The molecule has 9 nitrogen and oxygen atoms in total. The monoisotopic (exact) mass is 511 g/mol. The standard InChI is InChI=1S/C21H24FN5O2.C2HF3O2/c22-19-16(2-1-5-25-19)20(28)26-13-3-4-14(26)8-12(7-13)18(24)21(29)27-15(10-23)6-11-9-17(11)27;3-2(4,5)1(6)7/h1-2,5,11-15,17-18H,3-4,6-9,24H2;(H,6,7)/t11-,12?,13?,14?,15+,17+,18+;/m1./s1. The summed E-state index contributed by atoms with van der Waals surface area (Å²) in [7, 11) is 0. The van der Waals surface area contributed by atoms with Crippen LogP contribution < -0.4 is 5.73 Å². The van der Waals surface area contributed by atoms with E-state index in [-0.39, 0.29) is 47.5 Å². The van der Waals surface area contributed by atoms with E-state index in [0.29, 0.717) is 18.8 Å². The Balaban J connectivity index is 0.000000384. The van der Waals surface area contributed by atoms with Crippen molar-refractivity contribution in [2.45, 2.75) is 74.9 Å². The van der Waals surface area contributed by atoms with Crippen LogP contribution in [0.25, 0.3) is 0 Å². The number of piperidine rings is 2. The maximum atomic E-state index is 14.0. The zero-order valence-corrected chi connectivity index (χ0v) is 19.1. The Kier molecular flexibility index (Phi) is 6.92. The first-order chi connectivity index (χ1) is 16.9. The molecular weight excluding hydrogens is 486 g/mol. The predicted molar refractivity (Wildman–Crippen MR) is 114 cm³/mol. The Hall–Kier alpha value is -3.27. The summed E-state index contributed by atoms with van der Waals surface area (Å²) in [4.78, 5) is 42.0. The molecule has 5 rings (SSSR count). The minimum Gasteiger partial charge on any atom is -0.475 e. The van der Waals surface area contributed by atoms with Crippen molar-refractivity contribution in [3.8, 4) is 6.07 Å². The summed E-state index contributed by atoms with van der Waals surface area (Å²) in [5.41, 5.74) is 6.40. The second kappa shape index (κ2) is 9.65. The largest absolute Gasteiger partial charge is 0.490 e. The number of carboxylic acid groups (broad SMARTS) is 1. The summed E-state index contributed by atoms with van der Waals surface area (Å²) >= 11 is 0. The quantitative estimate of drug-likeness (QED) is 0.468. The molecule has 36 heavy (non-hydrogen) atoms. The van der Waals surface area contributed by atoms with E-state index in [9.17, 15) is 32.4 Å². The van der Waals surface area contributed by atoms with Crippen LogP contribution in [-0.4, -0.2) is 74.1 Å². The van der Waals surface area contributed by atoms with Crippen molar-refractivity contribution >= 4 is 17.8 Å². The third-order valence-electron chi connectivity index (χ3n) is 7.54. The minimum atomic E-state index is -5.08. The van der Waals surface area contributed by atoms with Crippen LogP contribution in [0.3, 0.4) is 0 Å². The Morgan fingerprint density at radius 3 is 2.28 bits per heavy atom. The molecule has 1 saturated carbocycles. The fraction of sp³-hybridized carbons (Fsp3) is 0.609. The smallest absolute Gasteiger partial charge is 0.475 e. The average Bonchev–Trinajstić information content (AvgIpc) is 3.42. The Morgan fingerprint density at radius 1 is 1.14 bits per heavy atom. The third kappa shape index (κ3) is 4.86. The normalized spacial score (nSPS) is 31.0. The van der Waals surface area contributed by atoms with Gasteiger partial charge in [0.25, 0.3) is 5.91 Å². The number of nitrogens with two attached hydrogens (primary N) is 1. The van der Waals surface area contributed by atoms with Gasteiger partial charge in [-0.15, -0.1) is 0 Å². The number of carbonyl (C=O) groups excluding carboxylic acids is 2. The molecule has 4 fully saturated rings. The number of hydrogen-bond donors (Lipinski definition) is 2. The number of alkyl halides is 3. The summed E-state index contributed by atoms with van der Waals surface area (Å²) in [6.07, 6.45) is 0.928. The number of fused-ring (bicyclic) bond motifs is 3. The molecule has 2 bridgehead atoms. The first kappa shape index (κ1) is 25.8. The van der Waals surface area contributed by atoms with Crippen LogP contribution in [0.15, 0.2) is 18.3 Å². The zero-order chi connectivity index (χ0) is 26.4. The van der Waals surface area contributed by atoms with E-state index >= 15 is 0 Å². The summed E-state index contributed by atoms with van der Waals surface area (Å²) < 4.78 is 45.7. The fourth-order valence-corrected chi connectivity index (χ4v) is 5.79. The number of amides is 2. The Labute approximate surface area is 203 Å². The number of carboxylic acids is 1. The highest BCUT2D eigenvalue weighted by Gasteiger charge is 2.56. The van der Waals surface area contributed by atoms with Gasteiger partial charge >= 0.3 is 12.1 Å². The van der Waals surface area contributed by atoms with E-state index in [1.165, 1.54) is 12.3 Å². The van der Waals surface area contributed by atoms with E-state index in [2.05, 4.69) is 11.1 Å². The molecule has 2 unspecified atom stereocenters. The Bertz CT molecular complexity index is 1080. The van der Waals surface area contributed by atoms with Gasteiger partial charge in [0.2, 0.25) is 11.9 Å². The van der Waals surface area contributed by atoms with E-state index in [1.54, 1.807) is 15.9 Å². The van der Waals surface area contributed by atoms with E-state index in [1.807, 2.05) is 0 Å². The van der Waals surface area contributed by atoms with Crippen molar-refractivity contribution in [2.75, 3.05) is 0 Å². The number of nitriles is 1. The zero-order valence-electron chi connectivity index (χ0n) is 19.1. The summed E-state index contributed by atoms with van der Waals surface area (Å²) in [6.45, 7) is 0. The van der Waals surface area contributed by atoms with Gasteiger partial charge in [0.15, 0.2) is 0 Å². The summed E-state index contributed by atoms with van der Waals surface area (Å²) in [6, 6.07) is 4.37. The topological polar surface area (TPSA) is 141 Å². The van der Waals surface area contributed by atoms with Gasteiger partial charge in [-0.3, -0.25) is 9.59 Å². The van der Waals surface area contributed by atoms with Gasteiger partial charge in [0.1, 0.15) is 6.04 Å². The first-order valence-electron chi connectivity index (χ1n) is 11.6. The number of aliphatic carboxylic acids is 1. The molecule has 0 radical (unpaired) electrons. The van der Waals surface area contributed by atoms with Crippen molar-refractivity contribution in [1.29, 1.82) is 5.26 Å². The van der Waals surface area contributed by atoms with Gasteiger partial charge < -0.3 is 20.6 Å². The maximum Gasteiger partial charge on any atom is 0.490 e. The van der Waals surface area contributed by atoms with Crippen molar-refractivity contribution in [3.05, 3.63) is 29.8 Å². The number of carbonyl (C=O) groups is 3. The van der Waals surface area contributed by atoms with Crippen LogP contribution >= 0.6 is 0 Å². The first-order valence-corrected chi connectivity index (χ1v) is 11.6. The molecule has 6 atom stereocenters. The van der Waals surface area contributed by atoms with Crippen LogP contribution in [0, 0.1) is 29.1 Å². The molecule has 4 heterocycles. The number of halogens is 4. The fourth-order valence-electron chi connectivity index (χ4n) is 5.79. The molecule has 2 amide bonds. The summed E-state index contributed by atoms with van der Waals surface area (Å²) in [5.74, 6) is -3.52. The highest BCUT2D eigenvalue weighted by atomic mass is 19.4. The number of nitrogens with zero attached hydrogens (tertiary/aromatic N) is 4. The summed E-state index contributed by atoms with van der Waals surface area (Å²) in [5, 5.41) is 16.5. The molecule has 0 aromatic carbocycles. The number of hydrogen-bond acceptors (Lipinski definition) is 6. The Morgan fingerprint density at radius 2 is 1.75 bits per heavy atom. The lowest BCUT2D eigenvalue weighted by atomic mass is 9.84. The van der Waals surface area contributed by atoms with Crippen molar-refractivity contribution in [3.63, 3.8) is 0 Å². The lowest BCUT2D eigenvalue weighted by molar-refractivity contribution is -0.192. The van der Waals surface area contributed by atoms with Gasteiger partial charge in [-0.25, -0.2) is 9.78 Å². The van der Waals surface area contributed by atoms with Crippen LogP contribution in [0.1, 0.15) is 48.9 Å². The van der Waals surface area contributed by atoms with Gasteiger partial charge in [0, 0.05) is 24.3 Å². The number of rotatable bonds is 3. The molecule has 194 valence electrons. The molecule has 3 N–H and O–H groups in total. The number of likely N-dealkylation sites (tertiary alicyclic amines) is 1. The van der Waals surface area contributed by atoms with Gasteiger partial charge in [0.05, 0.1) is 17.7 Å². The lowest BCUT2D eigenvalue weighted by Gasteiger charge is -2.41. The number of pyridine rings is 1. The van der Waals surface area contributed by atoms with Crippen molar-refractivity contribution < 1.29 is 37.1 Å². The van der Waals surface area contributed by atoms with E-state index in [0.717, 1.165) is 25.7 Å². The van der Waals surface area contributed by atoms with Crippen LogP contribution in [0.2, 0.25) is 0 Å². The van der Waals surface area contributed by atoms with Crippen molar-refractivity contribution in [2.24, 2.45) is 17.6 Å². The minimum absolute atomic E-state index is 0.00284. The average molecular weight is 511 g/mol. The third-order valence-corrected chi connectivity index (χ3v) is 7.54. The predicted octanol–water partition coefficient (Wildman–Crippen LogP) is 2.08. The SMILES string of the molecule is N#C[C@@H]1C[C@@H]2C[C@@H]2N1C(=O)[C@@H](N)C1CC2CCC(C1)N2C(=O)c1cccnc1F.O=C(O)C(F)(F)F. The molecular formula is C23H25F4N5O4. The molecule has 0 spiro atoms. The van der Waals surface area contributed by atoms with Gasteiger partial charge in [-0.05, 0) is 62.5 Å². The second-order valence-electron chi connectivity index (χ2n) is 9.69.